The fraction of sp³-hybridized carbons (Fsp3) is 0.350. The van der Waals surface area contributed by atoms with E-state index in [1.165, 1.54) is 18.2 Å². The molecule has 27 heavy (non-hydrogen) atoms. The summed E-state index contributed by atoms with van der Waals surface area (Å²) in [6, 6.07) is 11.8. The van der Waals surface area contributed by atoms with Gasteiger partial charge in [0, 0.05) is 19.6 Å². The largest absolute Gasteiger partial charge is 0.497 e. The number of nitrogens with zero attached hydrogens (tertiary/aromatic N) is 1. The Bertz CT molecular complexity index is 776. The van der Waals surface area contributed by atoms with E-state index in [0.29, 0.717) is 19.8 Å². The predicted octanol–water partition coefficient (Wildman–Crippen LogP) is 3.29. The van der Waals surface area contributed by atoms with Crippen LogP contribution in [0.3, 0.4) is 0 Å². The van der Waals surface area contributed by atoms with E-state index in [2.05, 4.69) is 10.2 Å². The Kier molecular flexibility index (Phi) is 6.66. The maximum absolute atomic E-state index is 14.0. The van der Waals surface area contributed by atoms with Gasteiger partial charge >= 0.3 is 0 Å². The summed E-state index contributed by atoms with van der Waals surface area (Å²) >= 11 is 6.00. The molecule has 0 unspecified atom stereocenters. The molecule has 1 aliphatic rings. The quantitative estimate of drug-likeness (QED) is 0.819. The molecule has 0 bridgehead atoms. The van der Waals surface area contributed by atoms with Crippen molar-refractivity contribution in [1.82, 2.24) is 10.2 Å². The SMILES string of the molecule is COc1cccc([C@H](CNC(=O)c2c(F)cccc2Cl)N2CCOCC2)c1. The van der Waals surface area contributed by atoms with Crippen molar-refractivity contribution in [2.24, 2.45) is 0 Å². The molecule has 5 nitrogen and oxygen atoms in total. The highest BCUT2D eigenvalue weighted by Crippen LogP contribution is 2.25. The topological polar surface area (TPSA) is 50.8 Å². The lowest BCUT2D eigenvalue weighted by Crippen LogP contribution is -2.44. The molecule has 1 heterocycles. The molecule has 3 rings (SSSR count). The van der Waals surface area contributed by atoms with E-state index in [9.17, 15) is 9.18 Å². The number of hydrogen-bond acceptors (Lipinski definition) is 4. The second-order valence-corrected chi connectivity index (χ2v) is 6.65. The monoisotopic (exact) mass is 392 g/mol. The second-order valence-electron chi connectivity index (χ2n) is 6.25. The van der Waals surface area contributed by atoms with Crippen LogP contribution in [0.25, 0.3) is 0 Å². The van der Waals surface area contributed by atoms with Crippen molar-refractivity contribution in [3.63, 3.8) is 0 Å². The Hall–Kier alpha value is -2.15. The Morgan fingerprint density at radius 1 is 1.30 bits per heavy atom. The first-order chi connectivity index (χ1) is 13.1. The number of amides is 1. The molecule has 2 aromatic carbocycles. The first kappa shape index (κ1) is 19.6. The third kappa shape index (κ3) is 4.77. The molecule has 1 atom stereocenters. The van der Waals surface area contributed by atoms with Crippen LogP contribution in [-0.2, 0) is 4.74 Å². The van der Waals surface area contributed by atoms with Crippen LogP contribution in [0.1, 0.15) is 22.0 Å². The third-order valence-electron chi connectivity index (χ3n) is 4.61. The zero-order valence-corrected chi connectivity index (χ0v) is 15.8. The number of carbonyl (C=O) groups excluding carboxylic acids is 1. The maximum atomic E-state index is 14.0. The van der Waals surface area contributed by atoms with Crippen LogP contribution in [0.4, 0.5) is 4.39 Å². The van der Waals surface area contributed by atoms with Crippen molar-refractivity contribution < 1.29 is 18.7 Å². The van der Waals surface area contributed by atoms with Crippen LogP contribution in [0.2, 0.25) is 5.02 Å². The van der Waals surface area contributed by atoms with Crippen LogP contribution < -0.4 is 10.1 Å². The van der Waals surface area contributed by atoms with Crippen molar-refractivity contribution in [3.8, 4) is 5.75 Å². The van der Waals surface area contributed by atoms with Crippen LogP contribution >= 0.6 is 11.6 Å². The summed E-state index contributed by atoms with van der Waals surface area (Å²) in [5.74, 6) is -0.419. The molecule has 0 saturated carbocycles. The van der Waals surface area contributed by atoms with Crippen LogP contribution in [0.5, 0.6) is 5.75 Å². The summed E-state index contributed by atoms with van der Waals surface area (Å²) in [6.07, 6.45) is 0. The van der Waals surface area contributed by atoms with Crippen LogP contribution in [-0.4, -0.2) is 50.8 Å². The number of rotatable bonds is 6. The molecule has 2 aromatic rings. The minimum atomic E-state index is -0.635. The van der Waals surface area contributed by atoms with E-state index in [1.54, 1.807) is 7.11 Å². The number of nitrogens with one attached hydrogen (secondary N) is 1. The molecular weight excluding hydrogens is 371 g/mol. The molecule has 144 valence electrons. The van der Waals surface area contributed by atoms with Crippen molar-refractivity contribution in [2.75, 3.05) is 40.0 Å². The lowest BCUT2D eigenvalue weighted by Gasteiger charge is -2.35. The van der Waals surface area contributed by atoms with E-state index < -0.39 is 11.7 Å². The minimum absolute atomic E-state index is 0.0847. The number of hydrogen-bond donors (Lipinski definition) is 1. The van der Waals surface area contributed by atoms with Gasteiger partial charge in [0.25, 0.3) is 5.91 Å². The van der Waals surface area contributed by atoms with Crippen LogP contribution in [0, 0.1) is 5.82 Å². The number of methoxy groups -OCH3 is 1. The number of halogens is 2. The van der Waals surface area contributed by atoms with E-state index >= 15 is 0 Å². The standard InChI is InChI=1S/C20H22ClFN2O3/c1-26-15-5-2-4-14(12-15)18(24-8-10-27-11-9-24)13-23-20(25)19-16(21)6-3-7-17(19)22/h2-7,12,18H,8-11,13H2,1H3,(H,23,25)/t18-/m0/s1. The highest BCUT2D eigenvalue weighted by molar-refractivity contribution is 6.33. The summed E-state index contributed by atoms with van der Waals surface area (Å²) < 4.78 is 24.8. The Labute approximate surface area is 163 Å². The van der Waals surface area contributed by atoms with Gasteiger partial charge in [0.05, 0.1) is 37.0 Å². The Morgan fingerprint density at radius 2 is 2.04 bits per heavy atom. The normalized spacial score (nSPS) is 16.0. The van der Waals surface area contributed by atoms with Gasteiger partial charge in [-0.3, -0.25) is 9.69 Å². The Balaban J connectivity index is 1.79. The molecule has 0 radical (unpaired) electrons. The van der Waals surface area contributed by atoms with Gasteiger partial charge in [-0.25, -0.2) is 4.39 Å². The van der Waals surface area contributed by atoms with Gasteiger partial charge in [-0.2, -0.15) is 0 Å². The lowest BCUT2D eigenvalue weighted by molar-refractivity contribution is 0.0162. The molecule has 0 aromatic heterocycles. The molecule has 1 amide bonds. The fourth-order valence-corrected chi connectivity index (χ4v) is 3.44. The smallest absolute Gasteiger partial charge is 0.255 e. The maximum Gasteiger partial charge on any atom is 0.255 e. The molecular formula is C20H22ClFN2O3. The second kappa shape index (κ2) is 9.17. The molecule has 7 heteroatoms. The summed E-state index contributed by atoms with van der Waals surface area (Å²) in [6.45, 7) is 3.08. The van der Waals surface area contributed by atoms with E-state index in [4.69, 9.17) is 21.1 Å². The van der Waals surface area contributed by atoms with Crippen molar-refractivity contribution in [2.45, 2.75) is 6.04 Å². The number of morpholine rings is 1. The molecule has 0 spiro atoms. The third-order valence-corrected chi connectivity index (χ3v) is 4.93. The number of benzene rings is 2. The van der Waals surface area contributed by atoms with Crippen molar-refractivity contribution in [1.29, 1.82) is 0 Å². The van der Waals surface area contributed by atoms with E-state index in [0.717, 1.165) is 24.4 Å². The van der Waals surface area contributed by atoms with Gasteiger partial charge in [-0.15, -0.1) is 0 Å². The summed E-state index contributed by atoms with van der Waals surface area (Å²) in [5, 5.41) is 2.92. The zero-order valence-electron chi connectivity index (χ0n) is 15.1. The summed E-state index contributed by atoms with van der Waals surface area (Å²) in [7, 11) is 1.62. The first-order valence-electron chi connectivity index (χ1n) is 8.78. The molecule has 0 aliphatic carbocycles. The van der Waals surface area contributed by atoms with Gasteiger partial charge in [-0.05, 0) is 29.8 Å². The highest BCUT2D eigenvalue weighted by atomic mass is 35.5. The summed E-state index contributed by atoms with van der Waals surface area (Å²) in [4.78, 5) is 14.8. The zero-order chi connectivity index (χ0) is 19.2. The van der Waals surface area contributed by atoms with Gasteiger partial charge in [0.2, 0.25) is 0 Å². The first-order valence-corrected chi connectivity index (χ1v) is 9.16. The highest BCUT2D eigenvalue weighted by Gasteiger charge is 2.25. The fourth-order valence-electron chi connectivity index (χ4n) is 3.19. The molecule has 1 fully saturated rings. The van der Waals surface area contributed by atoms with Gasteiger partial charge in [-0.1, -0.05) is 29.8 Å². The van der Waals surface area contributed by atoms with Crippen LogP contribution in [0.15, 0.2) is 42.5 Å². The summed E-state index contributed by atoms with van der Waals surface area (Å²) in [5.41, 5.74) is 0.877. The van der Waals surface area contributed by atoms with E-state index in [1.807, 2.05) is 24.3 Å². The average molecular weight is 393 g/mol. The Morgan fingerprint density at radius 3 is 2.74 bits per heavy atom. The predicted molar refractivity (Wildman–Crippen MR) is 102 cm³/mol. The van der Waals surface area contributed by atoms with Gasteiger partial charge in [0.1, 0.15) is 11.6 Å². The lowest BCUT2D eigenvalue weighted by atomic mass is 10.0. The number of ether oxygens (including phenoxy) is 2. The van der Waals surface area contributed by atoms with Crippen molar-refractivity contribution >= 4 is 17.5 Å². The van der Waals surface area contributed by atoms with Crippen molar-refractivity contribution in [3.05, 3.63) is 64.4 Å². The van der Waals surface area contributed by atoms with E-state index in [-0.39, 0.29) is 16.6 Å². The average Bonchev–Trinajstić information content (AvgIpc) is 2.69. The number of carbonyl (C=O) groups is 1. The molecule has 1 aliphatic heterocycles. The molecule has 1 saturated heterocycles. The van der Waals surface area contributed by atoms with Gasteiger partial charge in [0.15, 0.2) is 0 Å². The van der Waals surface area contributed by atoms with Gasteiger partial charge < -0.3 is 14.8 Å². The minimum Gasteiger partial charge on any atom is -0.497 e. The molecule has 1 N–H and O–H groups in total.